The van der Waals surface area contributed by atoms with Gasteiger partial charge in [0, 0.05) is 18.5 Å². The van der Waals surface area contributed by atoms with E-state index in [1.807, 2.05) is 13.0 Å². The van der Waals surface area contributed by atoms with Crippen LogP contribution in [-0.4, -0.2) is 23.0 Å². The molecule has 1 atom stereocenters. The highest BCUT2D eigenvalue weighted by molar-refractivity contribution is 6.01. The van der Waals surface area contributed by atoms with Gasteiger partial charge in [0.05, 0.1) is 5.71 Å². The fourth-order valence-electron chi connectivity index (χ4n) is 1.53. The molecule has 4 nitrogen and oxygen atoms in total. The van der Waals surface area contributed by atoms with E-state index < -0.39 is 5.60 Å². The van der Waals surface area contributed by atoms with E-state index in [-0.39, 0.29) is 5.75 Å². The van der Waals surface area contributed by atoms with Gasteiger partial charge in [0.15, 0.2) is 5.60 Å². The fraction of sp³-hybridized carbons (Fsp3) is 0.364. The van der Waals surface area contributed by atoms with Gasteiger partial charge in [0.1, 0.15) is 5.75 Å². The van der Waals surface area contributed by atoms with Crippen molar-refractivity contribution in [3.05, 3.63) is 29.8 Å². The van der Waals surface area contributed by atoms with Gasteiger partial charge in [-0.2, -0.15) is 0 Å². The molecule has 0 saturated carbocycles. The molecule has 4 heteroatoms. The van der Waals surface area contributed by atoms with Crippen LogP contribution in [0.3, 0.4) is 0 Å². The van der Waals surface area contributed by atoms with Gasteiger partial charge in [-0.3, -0.25) is 0 Å². The van der Waals surface area contributed by atoms with Crippen LogP contribution < -0.4 is 5.73 Å². The summed E-state index contributed by atoms with van der Waals surface area (Å²) in [6, 6.07) is 6.97. The molecule has 0 bridgehead atoms. The summed E-state index contributed by atoms with van der Waals surface area (Å²) in [6.45, 7) is 2.35. The molecule has 1 aromatic carbocycles. The zero-order valence-electron chi connectivity index (χ0n) is 8.60. The summed E-state index contributed by atoms with van der Waals surface area (Å²) in [4.78, 5) is 5.28. The maximum Gasteiger partial charge on any atom is 0.152 e. The molecular weight excluding hydrogens is 192 g/mol. The lowest BCUT2D eigenvalue weighted by Crippen LogP contribution is -2.34. The molecule has 1 aromatic rings. The number of nitrogens with two attached hydrogens (primary N) is 1. The number of rotatable bonds is 2. The Morgan fingerprint density at radius 2 is 2.40 bits per heavy atom. The summed E-state index contributed by atoms with van der Waals surface area (Å²) in [5, 5.41) is 13.3. The van der Waals surface area contributed by atoms with E-state index in [0.717, 1.165) is 11.3 Å². The van der Waals surface area contributed by atoms with Crippen LogP contribution in [-0.2, 0) is 4.84 Å². The molecule has 0 radical (unpaired) electrons. The molecule has 0 fully saturated rings. The summed E-state index contributed by atoms with van der Waals surface area (Å²) < 4.78 is 0. The topological polar surface area (TPSA) is 67.8 Å². The zero-order valence-corrected chi connectivity index (χ0v) is 8.60. The van der Waals surface area contributed by atoms with Crippen molar-refractivity contribution in [3.8, 4) is 5.75 Å². The first-order valence-electron chi connectivity index (χ1n) is 4.87. The van der Waals surface area contributed by atoms with Crippen molar-refractivity contribution >= 4 is 5.71 Å². The van der Waals surface area contributed by atoms with Crippen LogP contribution in [0.4, 0.5) is 0 Å². The molecule has 80 valence electrons. The van der Waals surface area contributed by atoms with E-state index in [1.54, 1.807) is 18.2 Å². The SMILES string of the molecule is CC1(CN)CC(c2cccc(O)c2)=NO1. The molecule has 0 amide bonds. The molecule has 0 aliphatic carbocycles. The highest BCUT2D eigenvalue weighted by Gasteiger charge is 2.33. The Morgan fingerprint density at radius 3 is 3.00 bits per heavy atom. The van der Waals surface area contributed by atoms with Crippen molar-refractivity contribution < 1.29 is 9.94 Å². The third-order valence-electron chi connectivity index (χ3n) is 2.53. The first-order chi connectivity index (χ1) is 7.13. The van der Waals surface area contributed by atoms with E-state index in [9.17, 15) is 5.11 Å². The van der Waals surface area contributed by atoms with Crippen molar-refractivity contribution in [3.63, 3.8) is 0 Å². The monoisotopic (exact) mass is 206 g/mol. The summed E-state index contributed by atoms with van der Waals surface area (Å²) in [7, 11) is 0. The second-order valence-corrected chi connectivity index (χ2v) is 4.01. The smallest absolute Gasteiger partial charge is 0.152 e. The van der Waals surface area contributed by atoms with E-state index in [1.165, 1.54) is 0 Å². The van der Waals surface area contributed by atoms with Gasteiger partial charge in [0.2, 0.25) is 0 Å². The molecule has 2 rings (SSSR count). The Morgan fingerprint density at radius 1 is 1.60 bits per heavy atom. The number of phenols is 1. The Balaban J connectivity index is 2.21. The van der Waals surface area contributed by atoms with Crippen molar-refractivity contribution in [2.45, 2.75) is 18.9 Å². The highest BCUT2D eigenvalue weighted by atomic mass is 16.7. The van der Waals surface area contributed by atoms with E-state index in [4.69, 9.17) is 10.6 Å². The summed E-state index contributed by atoms with van der Waals surface area (Å²) >= 11 is 0. The number of aromatic hydroxyl groups is 1. The molecule has 1 aliphatic rings. The largest absolute Gasteiger partial charge is 0.508 e. The van der Waals surface area contributed by atoms with Crippen LogP contribution >= 0.6 is 0 Å². The molecular formula is C11H14N2O2. The number of phenolic OH excluding ortho intramolecular Hbond substituents is 1. The number of oxime groups is 1. The number of benzene rings is 1. The number of nitrogens with zero attached hydrogens (tertiary/aromatic N) is 1. The maximum absolute atomic E-state index is 9.34. The Kier molecular flexibility index (Phi) is 2.36. The van der Waals surface area contributed by atoms with Crippen LogP contribution in [0.25, 0.3) is 0 Å². The van der Waals surface area contributed by atoms with E-state index in [2.05, 4.69) is 5.16 Å². The van der Waals surface area contributed by atoms with Gasteiger partial charge in [-0.1, -0.05) is 17.3 Å². The molecule has 1 heterocycles. The predicted molar refractivity (Wildman–Crippen MR) is 57.8 cm³/mol. The third-order valence-corrected chi connectivity index (χ3v) is 2.53. The van der Waals surface area contributed by atoms with Crippen LogP contribution in [0, 0.1) is 0 Å². The molecule has 0 saturated heterocycles. The van der Waals surface area contributed by atoms with Crippen molar-refractivity contribution in [1.29, 1.82) is 0 Å². The van der Waals surface area contributed by atoms with Gasteiger partial charge in [0.25, 0.3) is 0 Å². The minimum absolute atomic E-state index is 0.233. The minimum atomic E-state index is -0.402. The van der Waals surface area contributed by atoms with Gasteiger partial charge in [-0.15, -0.1) is 0 Å². The lowest BCUT2D eigenvalue weighted by molar-refractivity contribution is 0.00422. The van der Waals surface area contributed by atoms with Gasteiger partial charge >= 0.3 is 0 Å². The number of hydrogen-bond donors (Lipinski definition) is 2. The highest BCUT2D eigenvalue weighted by Crippen LogP contribution is 2.26. The lowest BCUT2D eigenvalue weighted by Gasteiger charge is -2.17. The van der Waals surface area contributed by atoms with Crippen LogP contribution in [0.2, 0.25) is 0 Å². The van der Waals surface area contributed by atoms with Gasteiger partial charge < -0.3 is 15.7 Å². The molecule has 1 unspecified atom stereocenters. The zero-order chi connectivity index (χ0) is 10.9. The summed E-state index contributed by atoms with van der Waals surface area (Å²) in [6.07, 6.45) is 0.674. The van der Waals surface area contributed by atoms with Crippen LogP contribution in [0.5, 0.6) is 5.75 Å². The Labute approximate surface area is 88.3 Å². The van der Waals surface area contributed by atoms with Crippen LogP contribution in [0.1, 0.15) is 18.9 Å². The molecule has 3 N–H and O–H groups in total. The second kappa shape index (κ2) is 3.55. The van der Waals surface area contributed by atoms with E-state index >= 15 is 0 Å². The molecule has 0 aromatic heterocycles. The van der Waals surface area contributed by atoms with Crippen molar-refractivity contribution in [2.24, 2.45) is 10.9 Å². The third kappa shape index (κ3) is 1.94. The van der Waals surface area contributed by atoms with Crippen molar-refractivity contribution in [1.82, 2.24) is 0 Å². The van der Waals surface area contributed by atoms with Crippen molar-refractivity contribution in [2.75, 3.05) is 6.54 Å². The van der Waals surface area contributed by atoms with Crippen LogP contribution in [0.15, 0.2) is 29.4 Å². The van der Waals surface area contributed by atoms with Gasteiger partial charge in [-0.05, 0) is 19.1 Å². The van der Waals surface area contributed by atoms with Gasteiger partial charge in [-0.25, -0.2) is 0 Å². The molecule has 15 heavy (non-hydrogen) atoms. The molecule has 1 aliphatic heterocycles. The minimum Gasteiger partial charge on any atom is -0.508 e. The predicted octanol–water partition coefficient (Wildman–Crippen LogP) is 1.23. The standard InChI is InChI=1S/C11H14N2O2/c1-11(7-12)6-10(13-15-11)8-3-2-4-9(14)5-8/h2-5,14H,6-7,12H2,1H3. The van der Waals surface area contributed by atoms with E-state index in [0.29, 0.717) is 13.0 Å². The normalized spacial score (nSPS) is 24.8. The second-order valence-electron chi connectivity index (χ2n) is 4.01. The summed E-state index contributed by atoms with van der Waals surface area (Å²) in [5.41, 5.74) is 6.90. The average Bonchev–Trinajstić information content (AvgIpc) is 2.62. The lowest BCUT2D eigenvalue weighted by atomic mass is 9.96. The Hall–Kier alpha value is -1.55. The fourth-order valence-corrected chi connectivity index (χ4v) is 1.53. The summed E-state index contributed by atoms with van der Waals surface area (Å²) in [5.74, 6) is 0.233. The average molecular weight is 206 g/mol. The molecule has 0 spiro atoms. The maximum atomic E-state index is 9.34. The quantitative estimate of drug-likeness (QED) is 0.764. The number of hydrogen-bond acceptors (Lipinski definition) is 4. The first kappa shape index (κ1) is 9.98. The Bertz CT molecular complexity index is 403. The first-order valence-corrected chi connectivity index (χ1v) is 4.87.